The molecule has 0 aliphatic heterocycles. The summed E-state index contributed by atoms with van der Waals surface area (Å²) in [4.78, 5) is 15.1. The Morgan fingerprint density at radius 2 is 1.87 bits per heavy atom. The summed E-state index contributed by atoms with van der Waals surface area (Å²) in [5, 5.41) is 0. The highest BCUT2D eigenvalue weighted by atomic mass is 16.3. The van der Waals surface area contributed by atoms with E-state index in [1.165, 1.54) is 36.8 Å². The summed E-state index contributed by atoms with van der Waals surface area (Å²) in [7, 11) is 0. The van der Waals surface area contributed by atoms with Crippen molar-refractivity contribution in [2.75, 3.05) is 0 Å². The van der Waals surface area contributed by atoms with Crippen LogP contribution in [0.2, 0.25) is 0 Å². The quantitative estimate of drug-likeness (QED) is 0.443. The average molecular weight is 405 g/mol. The van der Waals surface area contributed by atoms with Crippen LogP contribution in [0.5, 0.6) is 0 Å². The van der Waals surface area contributed by atoms with Crippen molar-refractivity contribution in [1.29, 1.82) is 0 Å². The number of aryl methyl sites for hydroxylation is 1. The molecule has 2 aromatic heterocycles. The first-order valence-corrected chi connectivity index (χ1v) is 11.2. The maximum Gasteiger partial charge on any atom is 0.223 e. The molecule has 1 aliphatic rings. The highest BCUT2D eigenvalue weighted by molar-refractivity contribution is 5.76. The molecule has 1 saturated carbocycles. The SMILES string of the molecule is Cc1ccc(Cn2cccc2CN(Cc2ccco2)C(=O)CCC2CCCC2)cc1. The van der Waals surface area contributed by atoms with Crippen LogP contribution in [0.15, 0.2) is 65.4 Å². The molecule has 4 rings (SSSR count). The first-order chi connectivity index (χ1) is 14.7. The van der Waals surface area contributed by atoms with Crippen molar-refractivity contribution in [1.82, 2.24) is 9.47 Å². The number of aromatic nitrogens is 1. The van der Waals surface area contributed by atoms with E-state index in [1.807, 2.05) is 17.0 Å². The van der Waals surface area contributed by atoms with E-state index in [2.05, 4.69) is 54.1 Å². The van der Waals surface area contributed by atoms with Crippen LogP contribution in [0.1, 0.15) is 61.1 Å². The minimum absolute atomic E-state index is 0.224. The van der Waals surface area contributed by atoms with E-state index in [0.29, 0.717) is 19.5 Å². The number of furan rings is 1. The fraction of sp³-hybridized carbons (Fsp3) is 0.423. The van der Waals surface area contributed by atoms with Crippen molar-refractivity contribution >= 4 is 5.91 Å². The summed E-state index contributed by atoms with van der Waals surface area (Å²) in [5.74, 6) is 1.78. The van der Waals surface area contributed by atoms with Gasteiger partial charge in [-0.3, -0.25) is 4.79 Å². The molecule has 4 heteroatoms. The summed E-state index contributed by atoms with van der Waals surface area (Å²) < 4.78 is 7.79. The zero-order valence-electron chi connectivity index (χ0n) is 17.9. The van der Waals surface area contributed by atoms with Gasteiger partial charge in [-0.25, -0.2) is 0 Å². The molecule has 2 heterocycles. The molecule has 0 atom stereocenters. The Bertz CT molecular complexity index is 918. The number of carbonyl (C=O) groups is 1. The monoisotopic (exact) mass is 404 g/mol. The van der Waals surface area contributed by atoms with Crippen molar-refractivity contribution in [2.45, 2.75) is 65.1 Å². The summed E-state index contributed by atoms with van der Waals surface area (Å²) in [6.07, 6.45) is 10.6. The standard InChI is InChI=1S/C26H32N2O2/c1-21-10-12-23(13-11-21)18-27-16-4-8-24(27)19-28(20-25-9-5-17-30-25)26(29)15-14-22-6-2-3-7-22/h4-5,8-13,16-17,22H,2-3,6-7,14-15,18-20H2,1H3. The van der Waals surface area contributed by atoms with E-state index in [9.17, 15) is 4.79 Å². The molecular formula is C26H32N2O2. The second-order valence-electron chi connectivity index (χ2n) is 8.63. The molecule has 3 aromatic rings. The zero-order valence-corrected chi connectivity index (χ0v) is 17.9. The van der Waals surface area contributed by atoms with Crippen LogP contribution in [-0.2, 0) is 24.4 Å². The van der Waals surface area contributed by atoms with E-state index in [1.54, 1.807) is 6.26 Å². The minimum atomic E-state index is 0.224. The van der Waals surface area contributed by atoms with Crippen LogP contribution < -0.4 is 0 Å². The van der Waals surface area contributed by atoms with Gasteiger partial charge in [-0.1, -0.05) is 55.5 Å². The van der Waals surface area contributed by atoms with E-state index < -0.39 is 0 Å². The summed E-state index contributed by atoms with van der Waals surface area (Å²) in [5.41, 5.74) is 3.68. The van der Waals surface area contributed by atoms with Crippen LogP contribution in [0.4, 0.5) is 0 Å². The Kier molecular flexibility index (Phi) is 6.73. The molecule has 1 aliphatic carbocycles. The number of carbonyl (C=O) groups excluding carboxylic acids is 1. The Labute approximate surface area is 179 Å². The molecular weight excluding hydrogens is 372 g/mol. The predicted octanol–water partition coefficient (Wildman–Crippen LogP) is 5.94. The number of amides is 1. The second kappa shape index (κ2) is 9.84. The van der Waals surface area contributed by atoms with Gasteiger partial charge in [-0.2, -0.15) is 0 Å². The van der Waals surface area contributed by atoms with Crippen LogP contribution in [-0.4, -0.2) is 15.4 Å². The molecule has 0 N–H and O–H groups in total. The molecule has 158 valence electrons. The largest absolute Gasteiger partial charge is 0.467 e. The van der Waals surface area contributed by atoms with Crippen molar-refractivity contribution in [3.63, 3.8) is 0 Å². The maximum absolute atomic E-state index is 13.1. The van der Waals surface area contributed by atoms with Crippen LogP contribution in [0.3, 0.4) is 0 Å². The predicted molar refractivity (Wildman–Crippen MR) is 119 cm³/mol. The molecule has 1 aromatic carbocycles. The minimum Gasteiger partial charge on any atom is -0.467 e. The molecule has 0 unspecified atom stereocenters. The van der Waals surface area contributed by atoms with Gasteiger partial charge in [0.05, 0.1) is 19.4 Å². The smallest absolute Gasteiger partial charge is 0.223 e. The summed E-state index contributed by atoms with van der Waals surface area (Å²) >= 11 is 0. The topological polar surface area (TPSA) is 38.4 Å². The van der Waals surface area contributed by atoms with Gasteiger partial charge in [-0.05, 0) is 49.1 Å². The Morgan fingerprint density at radius 3 is 2.60 bits per heavy atom. The number of nitrogens with zero attached hydrogens (tertiary/aromatic N) is 2. The summed E-state index contributed by atoms with van der Waals surface area (Å²) in [6, 6.07) is 16.7. The van der Waals surface area contributed by atoms with Gasteiger partial charge in [0.15, 0.2) is 0 Å². The third-order valence-corrected chi connectivity index (χ3v) is 6.27. The van der Waals surface area contributed by atoms with Crippen molar-refractivity contribution in [3.05, 3.63) is 83.6 Å². The molecule has 0 spiro atoms. The van der Waals surface area contributed by atoms with Gasteiger partial charge in [-0.15, -0.1) is 0 Å². The van der Waals surface area contributed by atoms with Crippen molar-refractivity contribution in [2.24, 2.45) is 5.92 Å². The normalized spacial score (nSPS) is 14.3. The van der Waals surface area contributed by atoms with Gasteiger partial charge in [0, 0.05) is 24.9 Å². The van der Waals surface area contributed by atoms with Crippen LogP contribution in [0.25, 0.3) is 0 Å². The Hall–Kier alpha value is -2.75. The van der Waals surface area contributed by atoms with E-state index >= 15 is 0 Å². The fourth-order valence-corrected chi connectivity index (χ4v) is 4.44. The number of hydrogen-bond donors (Lipinski definition) is 0. The lowest BCUT2D eigenvalue weighted by atomic mass is 10.0. The number of rotatable bonds is 9. The molecule has 30 heavy (non-hydrogen) atoms. The highest BCUT2D eigenvalue weighted by Gasteiger charge is 2.21. The Morgan fingerprint density at radius 1 is 1.07 bits per heavy atom. The average Bonchev–Trinajstić information content (AvgIpc) is 3.51. The van der Waals surface area contributed by atoms with Crippen LogP contribution in [0, 0.1) is 12.8 Å². The highest BCUT2D eigenvalue weighted by Crippen LogP contribution is 2.29. The van der Waals surface area contributed by atoms with Gasteiger partial charge < -0.3 is 13.9 Å². The van der Waals surface area contributed by atoms with Crippen LogP contribution >= 0.6 is 0 Å². The fourth-order valence-electron chi connectivity index (χ4n) is 4.44. The van der Waals surface area contributed by atoms with E-state index in [0.717, 1.165) is 30.3 Å². The summed E-state index contributed by atoms with van der Waals surface area (Å²) in [6.45, 7) is 4.04. The van der Waals surface area contributed by atoms with Crippen molar-refractivity contribution in [3.8, 4) is 0 Å². The molecule has 1 fully saturated rings. The lowest BCUT2D eigenvalue weighted by molar-refractivity contribution is -0.133. The molecule has 1 amide bonds. The lowest BCUT2D eigenvalue weighted by Crippen LogP contribution is -2.31. The van der Waals surface area contributed by atoms with Gasteiger partial charge in [0.1, 0.15) is 5.76 Å². The van der Waals surface area contributed by atoms with Crippen molar-refractivity contribution < 1.29 is 9.21 Å². The molecule has 0 bridgehead atoms. The first-order valence-electron chi connectivity index (χ1n) is 11.2. The first kappa shape index (κ1) is 20.5. The molecule has 4 nitrogen and oxygen atoms in total. The Balaban J connectivity index is 1.45. The van der Waals surface area contributed by atoms with Gasteiger partial charge >= 0.3 is 0 Å². The molecule has 0 radical (unpaired) electrons. The van der Waals surface area contributed by atoms with E-state index in [4.69, 9.17) is 4.42 Å². The van der Waals surface area contributed by atoms with Gasteiger partial charge in [0.2, 0.25) is 5.91 Å². The lowest BCUT2D eigenvalue weighted by Gasteiger charge is -2.23. The maximum atomic E-state index is 13.1. The number of benzene rings is 1. The second-order valence-corrected chi connectivity index (χ2v) is 8.63. The zero-order chi connectivity index (χ0) is 20.8. The molecule has 0 saturated heterocycles. The third kappa shape index (κ3) is 5.44. The van der Waals surface area contributed by atoms with E-state index in [-0.39, 0.29) is 5.91 Å². The third-order valence-electron chi connectivity index (χ3n) is 6.27. The van der Waals surface area contributed by atoms with Gasteiger partial charge in [0.25, 0.3) is 0 Å². The number of hydrogen-bond acceptors (Lipinski definition) is 2.